The first-order valence-electron chi connectivity index (χ1n) is 6.86. The summed E-state index contributed by atoms with van der Waals surface area (Å²) in [7, 11) is 0. The molecular formula is C18H13N3O. The highest BCUT2D eigenvalue weighted by Crippen LogP contribution is 2.16. The number of nitriles is 1. The number of ether oxygens (including phenoxy) is 1. The van der Waals surface area contributed by atoms with Gasteiger partial charge in [0.1, 0.15) is 5.75 Å². The summed E-state index contributed by atoms with van der Waals surface area (Å²) in [6.45, 7) is 0. The third-order valence-electron chi connectivity index (χ3n) is 3.21. The second-order valence-corrected chi connectivity index (χ2v) is 4.75. The van der Waals surface area contributed by atoms with Gasteiger partial charge in [0.05, 0.1) is 6.42 Å². The van der Waals surface area contributed by atoms with Crippen molar-refractivity contribution in [2.24, 2.45) is 4.99 Å². The molecular weight excluding hydrogens is 274 g/mol. The van der Waals surface area contributed by atoms with E-state index in [4.69, 9.17) is 10.00 Å². The van der Waals surface area contributed by atoms with E-state index in [1.54, 1.807) is 12.4 Å². The normalized spacial score (nSPS) is 11.1. The Hall–Kier alpha value is -3.19. The molecule has 0 fully saturated rings. The van der Waals surface area contributed by atoms with Crippen molar-refractivity contribution < 1.29 is 4.74 Å². The van der Waals surface area contributed by atoms with Crippen molar-refractivity contribution in [3.05, 3.63) is 72.6 Å². The SMILES string of the molecule is N#CN=C(Cc1ccc2cnccc2c1)Oc1ccccc1. The van der Waals surface area contributed by atoms with Crippen LogP contribution in [0.5, 0.6) is 5.75 Å². The number of para-hydroxylation sites is 1. The third kappa shape index (κ3) is 3.28. The number of pyridine rings is 1. The van der Waals surface area contributed by atoms with Gasteiger partial charge < -0.3 is 4.74 Å². The Morgan fingerprint density at radius 2 is 1.95 bits per heavy atom. The van der Waals surface area contributed by atoms with E-state index >= 15 is 0 Å². The zero-order valence-electron chi connectivity index (χ0n) is 11.8. The van der Waals surface area contributed by atoms with Gasteiger partial charge in [-0.15, -0.1) is 4.99 Å². The molecule has 3 aromatic rings. The second-order valence-electron chi connectivity index (χ2n) is 4.75. The Labute approximate surface area is 128 Å². The molecule has 0 aliphatic carbocycles. The van der Waals surface area contributed by atoms with E-state index in [1.807, 2.05) is 54.7 Å². The summed E-state index contributed by atoms with van der Waals surface area (Å²) in [6.07, 6.45) is 5.84. The van der Waals surface area contributed by atoms with Crippen LogP contribution < -0.4 is 4.74 Å². The molecule has 0 saturated heterocycles. The van der Waals surface area contributed by atoms with Gasteiger partial charge in [-0.1, -0.05) is 36.4 Å². The molecule has 0 radical (unpaired) electrons. The van der Waals surface area contributed by atoms with E-state index in [-0.39, 0.29) is 0 Å². The Morgan fingerprint density at radius 1 is 1.09 bits per heavy atom. The van der Waals surface area contributed by atoms with Crippen molar-refractivity contribution >= 4 is 16.7 Å². The van der Waals surface area contributed by atoms with Crippen LogP contribution >= 0.6 is 0 Å². The molecule has 1 aromatic heterocycles. The fourth-order valence-corrected chi connectivity index (χ4v) is 2.20. The summed E-state index contributed by atoms with van der Waals surface area (Å²) >= 11 is 0. The summed E-state index contributed by atoms with van der Waals surface area (Å²) in [5, 5.41) is 11.0. The number of benzene rings is 2. The van der Waals surface area contributed by atoms with Crippen LogP contribution in [-0.2, 0) is 6.42 Å². The van der Waals surface area contributed by atoms with Gasteiger partial charge >= 0.3 is 0 Å². The average Bonchev–Trinajstić information content (AvgIpc) is 2.56. The molecule has 0 unspecified atom stereocenters. The van der Waals surface area contributed by atoms with Gasteiger partial charge in [-0.3, -0.25) is 4.98 Å². The molecule has 0 bridgehead atoms. The summed E-state index contributed by atoms with van der Waals surface area (Å²) in [5.41, 5.74) is 1.03. The molecule has 4 nitrogen and oxygen atoms in total. The number of aromatic nitrogens is 1. The van der Waals surface area contributed by atoms with Gasteiger partial charge in [0, 0.05) is 17.8 Å². The largest absolute Gasteiger partial charge is 0.442 e. The van der Waals surface area contributed by atoms with Crippen molar-refractivity contribution in [3.8, 4) is 11.9 Å². The van der Waals surface area contributed by atoms with E-state index in [0.717, 1.165) is 16.3 Å². The molecule has 22 heavy (non-hydrogen) atoms. The quantitative estimate of drug-likeness (QED) is 0.419. The van der Waals surface area contributed by atoms with Gasteiger partial charge in [0.15, 0.2) is 0 Å². The van der Waals surface area contributed by atoms with Crippen LogP contribution in [0.2, 0.25) is 0 Å². The highest BCUT2D eigenvalue weighted by molar-refractivity contribution is 5.86. The molecule has 0 saturated carbocycles. The van der Waals surface area contributed by atoms with Crippen molar-refractivity contribution in [2.75, 3.05) is 0 Å². The van der Waals surface area contributed by atoms with Crippen molar-refractivity contribution in [1.29, 1.82) is 5.26 Å². The lowest BCUT2D eigenvalue weighted by atomic mass is 10.1. The molecule has 0 spiro atoms. The third-order valence-corrected chi connectivity index (χ3v) is 3.21. The fraction of sp³-hybridized carbons (Fsp3) is 0.0556. The first-order valence-corrected chi connectivity index (χ1v) is 6.86. The number of hydrogen-bond donors (Lipinski definition) is 0. The summed E-state index contributed by atoms with van der Waals surface area (Å²) in [6, 6.07) is 17.3. The Bertz CT molecular complexity index is 851. The number of hydrogen-bond acceptors (Lipinski definition) is 4. The summed E-state index contributed by atoms with van der Waals surface area (Å²) < 4.78 is 5.69. The number of rotatable bonds is 3. The molecule has 1 heterocycles. The van der Waals surface area contributed by atoms with Crippen LogP contribution in [-0.4, -0.2) is 10.9 Å². The minimum Gasteiger partial charge on any atom is -0.442 e. The van der Waals surface area contributed by atoms with Crippen molar-refractivity contribution in [3.63, 3.8) is 0 Å². The zero-order valence-corrected chi connectivity index (χ0v) is 11.8. The predicted molar refractivity (Wildman–Crippen MR) is 85.6 cm³/mol. The number of nitrogens with zero attached hydrogens (tertiary/aromatic N) is 3. The standard InChI is InChI=1S/C18H13N3O/c19-13-21-18(22-17-4-2-1-3-5-17)11-14-6-7-16-12-20-9-8-15(16)10-14/h1-10,12H,11H2. The van der Waals surface area contributed by atoms with Crippen LogP contribution in [0.4, 0.5) is 0 Å². The first kappa shape index (κ1) is 13.8. The Morgan fingerprint density at radius 3 is 2.77 bits per heavy atom. The average molecular weight is 287 g/mol. The number of fused-ring (bicyclic) bond motifs is 1. The van der Waals surface area contributed by atoms with Crippen LogP contribution in [0.3, 0.4) is 0 Å². The monoisotopic (exact) mass is 287 g/mol. The van der Waals surface area contributed by atoms with Gasteiger partial charge in [-0.2, -0.15) is 5.26 Å². The van der Waals surface area contributed by atoms with E-state index in [1.165, 1.54) is 0 Å². The Kier molecular flexibility index (Phi) is 4.08. The van der Waals surface area contributed by atoms with Crippen molar-refractivity contribution in [2.45, 2.75) is 6.42 Å². The maximum atomic E-state index is 8.84. The van der Waals surface area contributed by atoms with E-state index < -0.39 is 0 Å². The smallest absolute Gasteiger partial charge is 0.210 e. The predicted octanol–water partition coefficient (Wildman–Crippen LogP) is 3.74. The molecule has 106 valence electrons. The fourth-order valence-electron chi connectivity index (χ4n) is 2.20. The minimum atomic E-state index is 0.377. The lowest BCUT2D eigenvalue weighted by Crippen LogP contribution is -2.11. The number of aliphatic imine (C=N–C) groups is 1. The molecule has 3 rings (SSSR count). The second kappa shape index (κ2) is 6.51. The van der Waals surface area contributed by atoms with Crippen LogP contribution in [0.15, 0.2) is 72.0 Å². The molecule has 0 amide bonds. The lowest BCUT2D eigenvalue weighted by molar-refractivity contribution is 0.538. The van der Waals surface area contributed by atoms with Gasteiger partial charge in [-0.25, -0.2) is 0 Å². The van der Waals surface area contributed by atoms with Crippen LogP contribution in [0, 0.1) is 11.5 Å². The van der Waals surface area contributed by atoms with Crippen molar-refractivity contribution in [1.82, 2.24) is 4.98 Å². The molecule has 2 aromatic carbocycles. The highest BCUT2D eigenvalue weighted by Gasteiger charge is 2.06. The molecule has 0 aliphatic rings. The Balaban J connectivity index is 1.84. The molecule has 4 heteroatoms. The van der Waals surface area contributed by atoms with Crippen LogP contribution in [0.1, 0.15) is 5.56 Å². The maximum Gasteiger partial charge on any atom is 0.210 e. The molecule has 0 aliphatic heterocycles. The van der Waals surface area contributed by atoms with Crippen LogP contribution in [0.25, 0.3) is 10.8 Å². The molecule has 0 atom stereocenters. The van der Waals surface area contributed by atoms with Gasteiger partial charge in [-0.05, 0) is 29.1 Å². The highest BCUT2D eigenvalue weighted by atomic mass is 16.5. The summed E-state index contributed by atoms with van der Waals surface area (Å²) in [5.74, 6) is 1.04. The van der Waals surface area contributed by atoms with E-state index in [2.05, 4.69) is 16.0 Å². The van der Waals surface area contributed by atoms with Gasteiger partial charge in [0.2, 0.25) is 12.1 Å². The van der Waals surface area contributed by atoms with E-state index in [0.29, 0.717) is 18.1 Å². The minimum absolute atomic E-state index is 0.377. The van der Waals surface area contributed by atoms with Gasteiger partial charge in [0.25, 0.3) is 0 Å². The molecule has 0 N–H and O–H groups in total. The zero-order chi connectivity index (χ0) is 15.2. The summed E-state index contributed by atoms with van der Waals surface area (Å²) in [4.78, 5) is 7.88. The van der Waals surface area contributed by atoms with E-state index in [9.17, 15) is 0 Å². The first-order chi connectivity index (χ1) is 10.8. The topological polar surface area (TPSA) is 58.3 Å². The maximum absolute atomic E-state index is 8.84. The lowest BCUT2D eigenvalue weighted by Gasteiger charge is -2.08.